The number of sulfonamides is 1. The summed E-state index contributed by atoms with van der Waals surface area (Å²) in [6.07, 6.45) is 4.31. The normalized spacial score (nSPS) is 11.7. The third-order valence-electron chi connectivity index (χ3n) is 5.62. The number of anilines is 1. The summed E-state index contributed by atoms with van der Waals surface area (Å²) in [6, 6.07) is 17.4. The molecule has 4 rings (SSSR count). The molecular formula is C26H26N4O3S. The number of aryl methyl sites for hydroxylation is 3. The second-order valence-electron chi connectivity index (χ2n) is 8.09. The molecule has 0 aliphatic carbocycles. The summed E-state index contributed by atoms with van der Waals surface area (Å²) in [5, 5.41) is 5.08. The minimum atomic E-state index is -3.86. The highest BCUT2D eigenvalue weighted by Gasteiger charge is 2.17. The van der Waals surface area contributed by atoms with Crippen molar-refractivity contribution >= 4 is 38.7 Å². The van der Waals surface area contributed by atoms with E-state index in [-0.39, 0.29) is 10.5 Å². The molecule has 1 heterocycles. The maximum absolute atomic E-state index is 12.9. The fourth-order valence-electron chi connectivity index (χ4n) is 3.80. The van der Waals surface area contributed by atoms with Crippen molar-refractivity contribution in [3.05, 3.63) is 94.7 Å². The van der Waals surface area contributed by atoms with Gasteiger partial charge in [-0.15, -0.1) is 0 Å². The lowest BCUT2D eigenvalue weighted by Crippen LogP contribution is -2.19. The lowest BCUT2D eigenvalue weighted by molar-refractivity contribution is 0.0955. The van der Waals surface area contributed by atoms with Crippen LogP contribution in [0.3, 0.4) is 0 Å². The Morgan fingerprint density at radius 3 is 2.62 bits per heavy atom. The van der Waals surface area contributed by atoms with Crippen LogP contribution < -0.4 is 10.1 Å². The van der Waals surface area contributed by atoms with Gasteiger partial charge in [-0.05, 0) is 55.7 Å². The van der Waals surface area contributed by atoms with E-state index in [0.29, 0.717) is 5.69 Å². The van der Waals surface area contributed by atoms with Gasteiger partial charge in [-0.1, -0.05) is 48.9 Å². The lowest BCUT2D eigenvalue weighted by atomic mass is 10.1. The Kier molecular flexibility index (Phi) is 6.51. The van der Waals surface area contributed by atoms with Crippen LogP contribution in [-0.2, 0) is 16.4 Å². The van der Waals surface area contributed by atoms with Crippen LogP contribution in [0.25, 0.3) is 10.9 Å². The summed E-state index contributed by atoms with van der Waals surface area (Å²) in [6.45, 7) is 5.87. The Hall–Kier alpha value is -3.91. The SMILES string of the molecule is CCc1cccc2c(/C=N/NC(=O)c3cccc(S(=O)(=O)Nc4ccc(C)cc4C)c3)c[nH]c12. The number of carbonyl (C=O) groups excluding carboxylic acids is 1. The molecule has 1 amide bonds. The van der Waals surface area contributed by atoms with Crippen molar-refractivity contribution in [2.75, 3.05) is 4.72 Å². The first kappa shape index (κ1) is 23.3. The fourth-order valence-corrected chi connectivity index (χ4v) is 4.98. The summed E-state index contributed by atoms with van der Waals surface area (Å²) >= 11 is 0. The van der Waals surface area contributed by atoms with Crippen molar-refractivity contribution in [2.45, 2.75) is 32.1 Å². The topological polar surface area (TPSA) is 103 Å². The largest absolute Gasteiger partial charge is 0.360 e. The monoisotopic (exact) mass is 474 g/mol. The minimum Gasteiger partial charge on any atom is -0.360 e. The molecule has 174 valence electrons. The van der Waals surface area contributed by atoms with Crippen molar-refractivity contribution < 1.29 is 13.2 Å². The van der Waals surface area contributed by atoms with Gasteiger partial charge in [0.1, 0.15) is 0 Å². The Morgan fingerprint density at radius 2 is 1.85 bits per heavy atom. The zero-order chi connectivity index (χ0) is 24.3. The number of para-hydroxylation sites is 1. The van der Waals surface area contributed by atoms with Gasteiger partial charge in [0, 0.05) is 28.2 Å². The summed E-state index contributed by atoms with van der Waals surface area (Å²) < 4.78 is 28.4. The molecule has 0 aliphatic heterocycles. The number of benzene rings is 3. The molecule has 3 N–H and O–H groups in total. The quantitative estimate of drug-likeness (QED) is 0.262. The summed E-state index contributed by atoms with van der Waals surface area (Å²) in [5.74, 6) is -0.506. The van der Waals surface area contributed by atoms with Gasteiger partial charge >= 0.3 is 0 Å². The van der Waals surface area contributed by atoms with E-state index in [2.05, 4.69) is 33.2 Å². The maximum Gasteiger partial charge on any atom is 0.271 e. The van der Waals surface area contributed by atoms with E-state index in [4.69, 9.17) is 0 Å². The summed E-state index contributed by atoms with van der Waals surface area (Å²) in [5.41, 5.74) is 8.11. The summed E-state index contributed by atoms with van der Waals surface area (Å²) in [4.78, 5) is 15.9. The van der Waals surface area contributed by atoms with Crippen molar-refractivity contribution in [1.82, 2.24) is 10.4 Å². The van der Waals surface area contributed by atoms with Gasteiger partial charge in [-0.2, -0.15) is 5.10 Å². The second kappa shape index (κ2) is 9.52. The number of carbonyl (C=O) groups is 1. The number of hydrazone groups is 1. The van der Waals surface area contributed by atoms with Crippen LogP contribution in [-0.4, -0.2) is 25.5 Å². The number of amides is 1. The molecule has 0 saturated heterocycles. The number of fused-ring (bicyclic) bond motifs is 1. The molecule has 0 spiro atoms. The maximum atomic E-state index is 12.9. The zero-order valence-corrected chi connectivity index (χ0v) is 20.0. The van der Waals surface area contributed by atoms with Crippen LogP contribution in [0.1, 0.15) is 39.5 Å². The van der Waals surface area contributed by atoms with E-state index in [1.165, 1.54) is 23.8 Å². The molecule has 4 aromatic rings. The highest BCUT2D eigenvalue weighted by molar-refractivity contribution is 7.92. The van der Waals surface area contributed by atoms with Gasteiger partial charge in [-0.3, -0.25) is 9.52 Å². The van der Waals surface area contributed by atoms with Gasteiger partial charge in [0.15, 0.2) is 0 Å². The standard InChI is InChI=1S/C26H26N4O3S/c1-4-19-7-6-10-23-21(15-27-25(19)23)16-28-29-26(31)20-8-5-9-22(14-20)34(32,33)30-24-12-11-17(2)13-18(24)3/h5-16,27,30H,4H2,1-3H3,(H,29,31)/b28-16+. The Balaban J connectivity index is 1.50. The van der Waals surface area contributed by atoms with Crippen molar-refractivity contribution in [3.8, 4) is 0 Å². The molecule has 0 saturated carbocycles. The number of H-pyrrole nitrogens is 1. The number of nitrogens with zero attached hydrogens (tertiary/aromatic N) is 1. The molecule has 8 heteroatoms. The smallest absolute Gasteiger partial charge is 0.271 e. The van der Waals surface area contributed by atoms with Crippen LogP contribution in [0.5, 0.6) is 0 Å². The van der Waals surface area contributed by atoms with Crippen molar-refractivity contribution in [3.63, 3.8) is 0 Å². The molecule has 0 atom stereocenters. The number of aromatic nitrogens is 1. The van der Waals surface area contributed by atoms with E-state index >= 15 is 0 Å². The van der Waals surface area contributed by atoms with E-state index in [0.717, 1.165) is 34.0 Å². The van der Waals surface area contributed by atoms with Gasteiger partial charge < -0.3 is 4.98 Å². The van der Waals surface area contributed by atoms with E-state index in [1.54, 1.807) is 18.3 Å². The summed E-state index contributed by atoms with van der Waals surface area (Å²) in [7, 11) is -3.86. The van der Waals surface area contributed by atoms with Gasteiger partial charge in [0.25, 0.3) is 15.9 Å². The average Bonchev–Trinajstić information content (AvgIpc) is 3.24. The number of nitrogens with one attached hydrogen (secondary N) is 3. The zero-order valence-electron chi connectivity index (χ0n) is 19.2. The van der Waals surface area contributed by atoms with Crippen LogP contribution in [0.2, 0.25) is 0 Å². The number of aromatic amines is 1. The highest BCUT2D eigenvalue weighted by atomic mass is 32.2. The van der Waals surface area contributed by atoms with E-state index < -0.39 is 15.9 Å². The van der Waals surface area contributed by atoms with Crippen LogP contribution in [0.4, 0.5) is 5.69 Å². The van der Waals surface area contributed by atoms with Gasteiger partial charge in [-0.25, -0.2) is 13.8 Å². The fraction of sp³-hybridized carbons (Fsp3) is 0.154. The molecular weight excluding hydrogens is 448 g/mol. The van der Waals surface area contributed by atoms with Crippen LogP contribution >= 0.6 is 0 Å². The minimum absolute atomic E-state index is 0.00664. The average molecular weight is 475 g/mol. The highest BCUT2D eigenvalue weighted by Crippen LogP contribution is 2.22. The molecule has 1 aromatic heterocycles. The third kappa shape index (κ3) is 4.87. The lowest BCUT2D eigenvalue weighted by Gasteiger charge is -2.12. The Labute approximate surface area is 199 Å². The molecule has 7 nitrogen and oxygen atoms in total. The molecule has 3 aromatic carbocycles. The molecule has 0 unspecified atom stereocenters. The molecule has 34 heavy (non-hydrogen) atoms. The predicted molar refractivity (Wildman–Crippen MR) is 136 cm³/mol. The van der Waals surface area contributed by atoms with Crippen molar-refractivity contribution in [2.24, 2.45) is 5.10 Å². The Morgan fingerprint density at radius 1 is 1.06 bits per heavy atom. The second-order valence-corrected chi connectivity index (χ2v) is 9.77. The molecule has 0 radical (unpaired) electrons. The van der Waals surface area contributed by atoms with E-state index in [9.17, 15) is 13.2 Å². The first-order valence-electron chi connectivity index (χ1n) is 10.9. The number of hydrogen-bond acceptors (Lipinski definition) is 4. The third-order valence-corrected chi connectivity index (χ3v) is 6.98. The van der Waals surface area contributed by atoms with Crippen molar-refractivity contribution in [1.29, 1.82) is 0 Å². The Bertz CT molecular complexity index is 1500. The van der Waals surface area contributed by atoms with Crippen LogP contribution in [0, 0.1) is 13.8 Å². The van der Waals surface area contributed by atoms with Gasteiger partial charge in [0.05, 0.1) is 16.8 Å². The predicted octanol–water partition coefficient (Wildman–Crippen LogP) is 4.91. The molecule has 0 fully saturated rings. The van der Waals surface area contributed by atoms with Crippen LogP contribution in [0.15, 0.2) is 76.9 Å². The number of hydrogen-bond donors (Lipinski definition) is 3. The first-order chi connectivity index (χ1) is 16.3. The van der Waals surface area contributed by atoms with Gasteiger partial charge in [0.2, 0.25) is 0 Å². The van der Waals surface area contributed by atoms with E-state index in [1.807, 2.05) is 44.3 Å². The molecule has 0 bridgehead atoms. The number of rotatable bonds is 7. The first-order valence-corrected chi connectivity index (χ1v) is 12.4. The molecule has 0 aliphatic rings.